The summed E-state index contributed by atoms with van der Waals surface area (Å²) in [6, 6.07) is 12.0. The minimum atomic E-state index is -0.519. The number of rotatable bonds is 4. The first-order chi connectivity index (χ1) is 15.2. The van der Waals surface area contributed by atoms with E-state index in [2.05, 4.69) is 9.88 Å². The first-order valence-corrected chi connectivity index (χ1v) is 10.8. The lowest BCUT2D eigenvalue weighted by Crippen LogP contribution is -2.66. The maximum atomic E-state index is 14.1. The van der Waals surface area contributed by atoms with Crippen molar-refractivity contribution in [1.82, 2.24) is 9.88 Å². The largest absolute Gasteiger partial charge is 0.473 e. The molecule has 0 bridgehead atoms. The van der Waals surface area contributed by atoms with Crippen LogP contribution in [0.25, 0.3) is 0 Å². The standard InChI is InChI=1S/C24H27FN4O3/c1-24(2,3)32-23(30)29-12-11-28(19-9-10-20(19)29)21-5-4-6-22(27-21)31-15-17-8-7-16(14-26)13-18(17)25/h4-8,13,19-20H,9-12,15H2,1-3H3/t19-,20-/m1/s1. The van der Waals surface area contributed by atoms with E-state index in [4.69, 9.17) is 14.7 Å². The van der Waals surface area contributed by atoms with E-state index in [0.29, 0.717) is 24.5 Å². The molecule has 8 heteroatoms. The van der Waals surface area contributed by atoms with Crippen molar-refractivity contribution in [2.24, 2.45) is 0 Å². The molecule has 0 unspecified atom stereocenters. The third-order valence-corrected chi connectivity index (χ3v) is 5.77. The number of halogens is 1. The van der Waals surface area contributed by atoms with Crippen LogP contribution in [0.1, 0.15) is 44.7 Å². The van der Waals surface area contributed by atoms with Crippen molar-refractivity contribution in [3.63, 3.8) is 0 Å². The maximum absolute atomic E-state index is 14.1. The molecule has 1 aromatic heterocycles. The molecule has 0 spiro atoms. The Morgan fingerprint density at radius 2 is 2.00 bits per heavy atom. The van der Waals surface area contributed by atoms with Gasteiger partial charge in [0.1, 0.15) is 23.8 Å². The number of pyridine rings is 1. The molecule has 2 atom stereocenters. The molecule has 2 aromatic rings. The van der Waals surface area contributed by atoms with E-state index in [0.717, 1.165) is 18.7 Å². The summed E-state index contributed by atoms with van der Waals surface area (Å²) >= 11 is 0. The summed E-state index contributed by atoms with van der Waals surface area (Å²) in [5, 5.41) is 8.87. The van der Waals surface area contributed by atoms with Gasteiger partial charge in [0.2, 0.25) is 5.88 Å². The predicted molar refractivity (Wildman–Crippen MR) is 117 cm³/mol. The Balaban J connectivity index is 1.42. The van der Waals surface area contributed by atoms with E-state index in [9.17, 15) is 9.18 Å². The molecular weight excluding hydrogens is 411 g/mol. The molecule has 0 N–H and O–H groups in total. The fraction of sp³-hybridized carbons (Fsp3) is 0.458. The Bertz CT molecular complexity index is 1050. The highest BCUT2D eigenvalue weighted by Crippen LogP contribution is 2.37. The van der Waals surface area contributed by atoms with Crippen molar-refractivity contribution in [3.05, 3.63) is 53.3 Å². The summed E-state index contributed by atoms with van der Waals surface area (Å²) in [5.41, 5.74) is 0.114. The number of piperazine rings is 1. The molecule has 1 aliphatic carbocycles. The Hall–Kier alpha value is -3.34. The highest BCUT2D eigenvalue weighted by molar-refractivity contribution is 5.69. The summed E-state index contributed by atoms with van der Waals surface area (Å²) in [4.78, 5) is 21.3. The number of fused-ring (bicyclic) bond motifs is 1. The molecule has 1 aliphatic heterocycles. The molecule has 168 valence electrons. The van der Waals surface area contributed by atoms with E-state index in [-0.39, 0.29) is 30.3 Å². The molecular formula is C24H27FN4O3. The van der Waals surface area contributed by atoms with Crippen molar-refractivity contribution in [1.29, 1.82) is 5.26 Å². The molecule has 2 aliphatic rings. The lowest BCUT2D eigenvalue weighted by Gasteiger charge is -2.53. The van der Waals surface area contributed by atoms with E-state index in [1.165, 1.54) is 6.07 Å². The monoisotopic (exact) mass is 438 g/mol. The topological polar surface area (TPSA) is 78.7 Å². The van der Waals surface area contributed by atoms with E-state index in [1.54, 1.807) is 18.2 Å². The van der Waals surface area contributed by atoms with Gasteiger partial charge in [-0.2, -0.15) is 10.2 Å². The molecule has 2 fully saturated rings. The summed E-state index contributed by atoms with van der Waals surface area (Å²) < 4.78 is 25.4. The number of ether oxygens (including phenoxy) is 2. The van der Waals surface area contributed by atoms with Crippen molar-refractivity contribution >= 4 is 11.9 Å². The van der Waals surface area contributed by atoms with E-state index >= 15 is 0 Å². The Morgan fingerprint density at radius 3 is 2.66 bits per heavy atom. The van der Waals surface area contributed by atoms with Crippen LogP contribution in [0.5, 0.6) is 5.88 Å². The van der Waals surface area contributed by atoms with Gasteiger partial charge in [-0.05, 0) is 51.8 Å². The fourth-order valence-corrected chi connectivity index (χ4v) is 4.10. The van der Waals surface area contributed by atoms with Gasteiger partial charge in [-0.15, -0.1) is 0 Å². The van der Waals surface area contributed by atoms with Crippen LogP contribution in [0.4, 0.5) is 15.0 Å². The number of aromatic nitrogens is 1. The van der Waals surface area contributed by atoms with Crippen LogP contribution in [0.15, 0.2) is 36.4 Å². The lowest BCUT2D eigenvalue weighted by molar-refractivity contribution is -0.00458. The van der Waals surface area contributed by atoms with Crippen molar-refractivity contribution in [2.45, 2.75) is 57.9 Å². The van der Waals surface area contributed by atoms with Gasteiger partial charge in [0, 0.05) is 24.7 Å². The molecule has 0 radical (unpaired) electrons. The first-order valence-electron chi connectivity index (χ1n) is 10.8. The number of nitrogens with zero attached hydrogens (tertiary/aromatic N) is 4. The number of amides is 1. The summed E-state index contributed by atoms with van der Waals surface area (Å²) in [6.45, 7) is 6.86. The minimum absolute atomic E-state index is 0.0203. The molecule has 1 saturated carbocycles. The first kappa shape index (κ1) is 21.9. The average Bonchev–Trinajstić information content (AvgIpc) is 2.72. The second-order valence-electron chi connectivity index (χ2n) is 9.12. The van der Waals surface area contributed by atoms with Gasteiger partial charge in [0.25, 0.3) is 0 Å². The van der Waals surface area contributed by atoms with Crippen molar-refractivity contribution in [3.8, 4) is 11.9 Å². The Kier molecular flexibility index (Phi) is 5.92. The van der Waals surface area contributed by atoms with Gasteiger partial charge in [0.15, 0.2) is 0 Å². The molecule has 7 nitrogen and oxygen atoms in total. The van der Waals surface area contributed by atoms with Crippen LogP contribution in [-0.4, -0.2) is 46.8 Å². The third-order valence-electron chi connectivity index (χ3n) is 5.77. The van der Waals surface area contributed by atoms with Crippen molar-refractivity contribution < 1.29 is 18.7 Å². The van der Waals surface area contributed by atoms with Gasteiger partial charge >= 0.3 is 6.09 Å². The molecule has 32 heavy (non-hydrogen) atoms. The van der Waals surface area contributed by atoms with E-state index < -0.39 is 11.4 Å². The van der Waals surface area contributed by atoms with Gasteiger partial charge in [-0.3, -0.25) is 0 Å². The zero-order valence-corrected chi connectivity index (χ0v) is 18.5. The number of hydrogen-bond acceptors (Lipinski definition) is 6. The summed E-state index contributed by atoms with van der Waals surface area (Å²) in [7, 11) is 0. The lowest BCUT2D eigenvalue weighted by atomic mass is 9.82. The van der Waals surface area contributed by atoms with Gasteiger partial charge < -0.3 is 19.3 Å². The molecule has 2 heterocycles. The summed E-state index contributed by atoms with van der Waals surface area (Å²) in [5.74, 6) is 0.703. The number of carbonyl (C=O) groups excluding carboxylic acids is 1. The third kappa shape index (κ3) is 4.62. The minimum Gasteiger partial charge on any atom is -0.473 e. The zero-order chi connectivity index (χ0) is 22.9. The van der Waals surface area contributed by atoms with Gasteiger partial charge in [-0.1, -0.05) is 12.1 Å². The highest BCUT2D eigenvalue weighted by atomic mass is 19.1. The Morgan fingerprint density at radius 1 is 1.22 bits per heavy atom. The number of nitriles is 1. The Labute approximate surface area is 187 Å². The number of anilines is 1. The molecule has 1 saturated heterocycles. The van der Waals surface area contributed by atoms with Gasteiger partial charge in [0.05, 0.1) is 23.7 Å². The summed E-state index contributed by atoms with van der Waals surface area (Å²) in [6.07, 6.45) is 1.66. The number of carbonyl (C=O) groups is 1. The van der Waals surface area contributed by atoms with Crippen LogP contribution >= 0.6 is 0 Å². The SMILES string of the molecule is CC(C)(C)OC(=O)N1CCN(c2cccc(OCc3ccc(C#N)cc3F)n2)[C@@H]2CC[C@H]21. The predicted octanol–water partition coefficient (Wildman–Crippen LogP) is 4.26. The quantitative estimate of drug-likeness (QED) is 0.710. The van der Waals surface area contributed by atoms with Gasteiger partial charge in [-0.25, -0.2) is 9.18 Å². The highest BCUT2D eigenvalue weighted by Gasteiger charge is 2.46. The van der Waals surface area contributed by atoms with E-state index in [1.807, 2.05) is 43.9 Å². The second kappa shape index (κ2) is 8.65. The molecule has 1 amide bonds. The molecule has 1 aromatic carbocycles. The van der Waals surface area contributed by atoms with Crippen LogP contribution in [0, 0.1) is 17.1 Å². The second-order valence-corrected chi connectivity index (χ2v) is 9.12. The zero-order valence-electron chi connectivity index (χ0n) is 18.5. The average molecular weight is 439 g/mol. The van der Waals surface area contributed by atoms with Crippen LogP contribution in [-0.2, 0) is 11.3 Å². The number of hydrogen-bond donors (Lipinski definition) is 0. The number of benzene rings is 1. The van der Waals surface area contributed by atoms with Crippen LogP contribution in [0.3, 0.4) is 0 Å². The van der Waals surface area contributed by atoms with Crippen molar-refractivity contribution in [2.75, 3.05) is 18.0 Å². The molecule has 4 rings (SSSR count). The fourth-order valence-electron chi connectivity index (χ4n) is 4.10. The van der Waals surface area contributed by atoms with Crippen LogP contribution < -0.4 is 9.64 Å². The normalized spacial score (nSPS) is 20.1. The van der Waals surface area contributed by atoms with Crippen LogP contribution in [0.2, 0.25) is 0 Å². The smallest absolute Gasteiger partial charge is 0.410 e. The maximum Gasteiger partial charge on any atom is 0.410 e.